The third kappa shape index (κ3) is 3.05. The molecule has 26 heavy (non-hydrogen) atoms. The van der Waals surface area contributed by atoms with Gasteiger partial charge in [-0.25, -0.2) is 4.98 Å². The number of nitrogens with zero attached hydrogens (tertiary/aromatic N) is 1. The van der Waals surface area contributed by atoms with E-state index in [9.17, 15) is 4.79 Å². The van der Waals surface area contributed by atoms with Crippen LogP contribution < -0.4 is 11.1 Å². The largest absolute Gasteiger partial charge is 0.397 e. The minimum atomic E-state index is -0.214. The third-order valence-electron chi connectivity index (χ3n) is 4.18. The van der Waals surface area contributed by atoms with E-state index >= 15 is 0 Å². The number of nitrogen functional groups attached to an aromatic ring is 1. The zero-order chi connectivity index (χ0) is 18.1. The summed E-state index contributed by atoms with van der Waals surface area (Å²) in [6.45, 7) is 2.05. The normalized spacial score (nSPS) is 10.8. The van der Waals surface area contributed by atoms with Crippen LogP contribution in [0.2, 0.25) is 0 Å². The van der Waals surface area contributed by atoms with Crippen LogP contribution >= 0.6 is 11.3 Å². The quantitative estimate of drug-likeness (QED) is 0.534. The molecule has 0 bridgehead atoms. The highest BCUT2D eigenvalue weighted by Gasteiger charge is 2.18. The molecule has 5 heteroatoms. The van der Waals surface area contributed by atoms with Crippen molar-refractivity contribution in [1.82, 2.24) is 4.98 Å². The van der Waals surface area contributed by atoms with Gasteiger partial charge in [0.1, 0.15) is 9.71 Å². The number of carbonyl (C=O) groups is 1. The molecule has 2 aromatic heterocycles. The fraction of sp³-hybridized carbons (Fsp3) is 0.0476. The van der Waals surface area contributed by atoms with E-state index in [2.05, 4.69) is 24.4 Å². The van der Waals surface area contributed by atoms with E-state index in [-0.39, 0.29) is 5.91 Å². The highest BCUT2D eigenvalue weighted by atomic mass is 32.1. The van der Waals surface area contributed by atoms with Crippen molar-refractivity contribution in [1.29, 1.82) is 0 Å². The summed E-state index contributed by atoms with van der Waals surface area (Å²) < 4.78 is 0. The molecule has 0 aliphatic rings. The summed E-state index contributed by atoms with van der Waals surface area (Å²) in [7, 11) is 0. The smallest absolute Gasteiger partial charge is 0.267 e. The second-order valence-electron chi connectivity index (χ2n) is 6.08. The zero-order valence-corrected chi connectivity index (χ0v) is 15.0. The van der Waals surface area contributed by atoms with Crippen molar-refractivity contribution < 1.29 is 4.79 Å². The molecule has 0 atom stereocenters. The van der Waals surface area contributed by atoms with Crippen LogP contribution in [-0.4, -0.2) is 10.9 Å². The van der Waals surface area contributed by atoms with Gasteiger partial charge in [-0.05, 0) is 31.2 Å². The molecule has 0 spiro atoms. The molecule has 0 unspecified atom stereocenters. The molecule has 3 N–H and O–H groups in total. The zero-order valence-electron chi connectivity index (χ0n) is 14.2. The standard InChI is InChI=1S/C21H17N3OS/c1-13-7-9-14(10-8-13)17-12-11-16-18(22)19(26-21(16)24-17)20(25)23-15-5-3-2-4-6-15/h2-12H,22H2,1H3,(H,23,25). The Labute approximate surface area is 155 Å². The molecule has 2 heterocycles. The van der Waals surface area contributed by atoms with Gasteiger partial charge in [-0.2, -0.15) is 0 Å². The Morgan fingerprint density at radius 2 is 1.73 bits per heavy atom. The molecule has 0 aliphatic carbocycles. The van der Waals surface area contributed by atoms with E-state index in [1.54, 1.807) is 0 Å². The Kier molecular flexibility index (Phi) is 4.14. The maximum absolute atomic E-state index is 12.6. The van der Waals surface area contributed by atoms with E-state index in [1.807, 2.05) is 54.6 Å². The Bertz CT molecular complexity index is 1090. The van der Waals surface area contributed by atoms with Gasteiger partial charge in [0.2, 0.25) is 0 Å². The van der Waals surface area contributed by atoms with Crippen molar-refractivity contribution in [2.75, 3.05) is 11.1 Å². The Balaban J connectivity index is 1.70. The van der Waals surface area contributed by atoms with Gasteiger partial charge < -0.3 is 11.1 Å². The van der Waals surface area contributed by atoms with Crippen molar-refractivity contribution in [2.45, 2.75) is 6.92 Å². The number of aryl methyl sites for hydroxylation is 1. The third-order valence-corrected chi connectivity index (χ3v) is 5.29. The molecule has 4 aromatic rings. The minimum Gasteiger partial charge on any atom is -0.397 e. The lowest BCUT2D eigenvalue weighted by molar-refractivity contribution is 0.103. The molecule has 0 aliphatic heterocycles. The van der Waals surface area contributed by atoms with Gasteiger partial charge in [0.05, 0.1) is 11.4 Å². The van der Waals surface area contributed by atoms with Crippen LogP contribution in [0.4, 0.5) is 11.4 Å². The molecule has 0 saturated carbocycles. The number of hydrogen-bond donors (Lipinski definition) is 2. The number of benzene rings is 2. The molecule has 2 aromatic carbocycles. The molecule has 4 nitrogen and oxygen atoms in total. The van der Waals surface area contributed by atoms with Crippen LogP contribution in [0, 0.1) is 6.92 Å². The molecular weight excluding hydrogens is 342 g/mol. The van der Waals surface area contributed by atoms with Crippen molar-refractivity contribution in [3.63, 3.8) is 0 Å². The van der Waals surface area contributed by atoms with Crippen LogP contribution in [0.15, 0.2) is 66.7 Å². The van der Waals surface area contributed by atoms with E-state index in [1.165, 1.54) is 16.9 Å². The predicted molar refractivity (Wildman–Crippen MR) is 109 cm³/mol. The minimum absolute atomic E-state index is 0.214. The number of pyridine rings is 1. The summed E-state index contributed by atoms with van der Waals surface area (Å²) >= 11 is 1.32. The van der Waals surface area contributed by atoms with Crippen LogP contribution in [0.5, 0.6) is 0 Å². The number of anilines is 2. The summed E-state index contributed by atoms with van der Waals surface area (Å²) in [6.07, 6.45) is 0. The van der Waals surface area contributed by atoms with Crippen molar-refractivity contribution >= 4 is 38.8 Å². The van der Waals surface area contributed by atoms with Crippen molar-refractivity contribution in [2.24, 2.45) is 0 Å². The molecule has 128 valence electrons. The highest BCUT2D eigenvalue weighted by Crippen LogP contribution is 2.34. The lowest BCUT2D eigenvalue weighted by Crippen LogP contribution is -2.11. The summed E-state index contributed by atoms with van der Waals surface area (Å²) in [5, 5.41) is 3.69. The Morgan fingerprint density at radius 3 is 2.46 bits per heavy atom. The first kappa shape index (κ1) is 16.3. The fourth-order valence-electron chi connectivity index (χ4n) is 2.76. The monoisotopic (exact) mass is 359 g/mol. The van der Waals surface area contributed by atoms with E-state index in [0.717, 1.165) is 27.2 Å². The average Bonchev–Trinajstić information content (AvgIpc) is 2.99. The summed E-state index contributed by atoms with van der Waals surface area (Å²) in [4.78, 5) is 18.5. The van der Waals surface area contributed by atoms with Crippen LogP contribution in [0.1, 0.15) is 15.2 Å². The van der Waals surface area contributed by atoms with Crippen LogP contribution in [0.25, 0.3) is 21.5 Å². The van der Waals surface area contributed by atoms with Crippen molar-refractivity contribution in [3.05, 3.63) is 77.2 Å². The molecule has 0 radical (unpaired) electrons. The lowest BCUT2D eigenvalue weighted by Gasteiger charge is -2.03. The van der Waals surface area contributed by atoms with Gasteiger partial charge in [0.25, 0.3) is 5.91 Å². The van der Waals surface area contributed by atoms with Gasteiger partial charge in [-0.3, -0.25) is 4.79 Å². The molecule has 0 saturated heterocycles. The second kappa shape index (κ2) is 6.61. The van der Waals surface area contributed by atoms with Crippen LogP contribution in [0.3, 0.4) is 0 Å². The topological polar surface area (TPSA) is 68.0 Å². The lowest BCUT2D eigenvalue weighted by atomic mass is 10.1. The molecular formula is C21H17N3OS. The predicted octanol–water partition coefficient (Wildman–Crippen LogP) is 5.11. The van der Waals surface area contributed by atoms with Gasteiger partial charge in [0.15, 0.2) is 0 Å². The number of carbonyl (C=O) groups excluding carboxylic acids is 1. The number of nitrogens with two attached hydrogens (primary N) is 1. The van der Waals surface area contributed by atoms with E-state index < -0.39 is 0 Å². The van der Waals surface area contributed by atoms with Crippen molar-refractivity contribution in [3.8, 4) is 11.3 Å². The fourth-order valence-corrected chi connectivity index (χ4v) is 3.75. The maximum atomic E-state index is 12.6. The average molecular weight is 359 g/mol. The van der Waals surface area contributed by atoms with Crippen LogP contribution in [-0.2, 0) is 0 Å². The maximum Gasteiger partial charge on any atom is 0.267 e. The van der Waals surface area contributed by atoms with E-state index in [0.29, 0.717) is 10.6 Å². The van der Waals surface area contributed by atoms with Gasteiger partial charge >= 0.3 is 0 Å². The van der Waals surface area contributed by atoms with Gasteiger partial charge in [-0.15, -0.1) is 11.3 Å². The number of hydrogen-bond acceptors (Lipinski definition) is 4. The second-order valence-corrected chi connectivity index (χ2v) is 7.08. The number of aromatic nitrogens is 1. The van der Waals surface area contributed by atoms with Gasteiger partial charge in [0, 0.05) is 16.6 Å². The number of fused-ring (bicyclic) bond motifs is 1. The highest BCUT2D eigenvalue weighted by molar-refractivity contribution is 7.21. The number of amides is 1. The summed E-state index contributed by atoms with van der Waals surface area (Å²) in [6, 6.07) is 21.4. The summed E-state index contributed by atoms with van der Waals surface area (Å²) in [5.41, 5.74) is 10.5. The summed E-state index contributed by atoms with van der Waals surface area (Å²) in [5.74, 6) is -0.214. The SMILES string of the molecule is Cc1ccc(-c2ccc3c(N)c(C(=O)Nc4ccccc4)sc3n2)cc1. The number of thiophene rings is 1. The first-order valence-electron chi connectivity index (χ1n) is 8.24. The molecule has 1 amide bonds. The Hall–Kier alpha value is -3.18. The number of rotatable bonds is 3. The first-order chi connectivity index (χ1) is 12.6. The Morgan fingerprint density at radius 1 is 1.00 bits per heavy atom. The van der Waals surface area contributed by atoms with Gasteiger partial charge in [-0.1, -0.05) is 48.0 Å². The molecule has 0 fully saturated rings. The number of para-hydroxylation sites is 1. The van der Waals surface area contributed by atoms with E-state index in [4.69, 9.17) is 10.7 Å². The first-order valence-corrected chi connectivity index (χ1v) is 9.06. The molecule has 4 rings (SSSR count). The number of nitrogens with one attached hydrogen (secondary N) is 1.